The lowest BCUT2D eigenvalue weighted by atomic mass is 9.93. The Morgan fingerprint density at radius 1 is 1.25 bits per heavy atom. The van der Waals surface area contributed by atoms with Crippen LogP contribution >= 0.6 is 0 Å². The number of carbonyl (C=O) groups excluding carboxylic acids is 1. The minimum Gasteiger partial charge on any atom is -0.481 e. The van der Waals surface area contributed by atoms with Crippen LogP contribution in [0.1, 0.15) is 42.6 Å². The second-order valence-corrected chi connectivity index (χ2v) is 7.49. The Labute approximate surface area is 164 Å². The van der Waals surface area contributed by atoms with Gasteiger partial charge in [0.1, 0.15) is 5.82 Å². The van der Waals surface area contributed by atoms with Crippen molar-refractivity contribution in [3.05, 3.63) is 47.0 Å². The summed E-state index contributed by atoms with van der Waals surface area (Å²) in [6, 6.07) is 6.11. The van der Waals surface area contributed by atoms with Gasteiger partial charge in [0.25, 0.3) is 0 Å². The van der Waals surface area contributed by atoms with Crippen LogP contribution in [0, 0.1) is 25.6 Å². The maximum Gasteiger partial charge on any atom is 0.303 e. The topological polar surface area (TPSA) is 75.4 Å². The molecule has 0 saturated carbocycles. The van der Waals surface area contributed by atoms with Crippen molar-refractivity contribution < 1.29 is 19.1 Å². The molecule has 150 valence electrons. The Bertz CT molecular complexity index is 861. The highest BCUT2D eigenvalue weighted by Crippen LogP contribution is 2.24. The quantitative estimate of drug-likeness (QED) is 0.825. The number of aliphatic carboxylic acids is 1. The van der Waals surface area contributed by atoms with Gasteiger partial charge in [-0.2, -0.15) is 5.10 Å². The number of aryl methyl sites for hydroxylation is 1. The molecule has 28 heavy (non-hydrogen) atoms. The summed E-state index contributed by atoms with van der Waals surface area (Å²) in [5, 5.41) is 13.4. The van der Waals surface area contributed by atoms with Crippen molar-refractivity contribution >= 4 is 11.9 Å². The number of nitrogens with zero attached hydrogens (tertiary/aromatic N) is 3. The lowest BCUT2D eigenvalue weighted by Crippen LogP contribution is -2.41. The largest absolute Gasteiger partial charge is 0.481 e. The Kier molecular flexibility index (Phi) is 6.11. The third-order valence-electron chi connectivity index (χ3n) is 5.48. The molecule has 6 nitrogen and oxygen atoms in total. The van der Waals surface area contributed by atoms with Crippen molar-refractivity contribution in [3.8, 4) is 5.69 Å². The Balaban J connectivity index is 1.70. The van der Waals surface area contributed by atoms with Gasteiger partial charge < -0.3 is 10.0 Å². The molecule has 1 aliphatic rings. The highest BCUT2D eigenvalue weighted by Gasteiger charge is 2.25. The van der Waals surface area contributed by atoms with Gasteiger partial charge in [0.05, 0.1) is 17.8 Å². The highest BCUT2D eigenvalue weighted by atomic mass is 19.1. The fourth-order valence-corrected chi connectivity index (χ4v) is 3.88. The predicted octanol–water partition coefficient (Wildman–Crippen LogP) is 3.27. The van der Waals surface area contributed by atoms with Crippen molar-refractivity contribution in [1.82, 2.24) is 14.7 Å². The minimum atomic E-state index is -0.789. The molecule has 1 unspecified atom stereocenters. The van der Waals surface area contributed by atoms with Crippen LogP contribution in [-0.4, -0.2) is 44.8 Å². The number of carboxylic acid groups (broad SMARTS) is 1. The van der Waals surface area contributed by atoms with Crippen LogP contribution in [0.2, 0.25) is 0 Å². The summed E-state index contributed by atoms with van der Waals surface area (Å²) in [5.41, 5.74) is 3.31. The van der Waals surface area contributed by atoms with Crippen LogP contribution in [0.3, 0.4) is 0 Å². The molecule has 0 bridgehead atoms. The molecule has 0 aliphatic carbocycles. The molecule has 1 atom stereocenters. The molecule has 7 heteroatoms. The number of piperidine rings is 1. The molecule has 1 amide bonds. The van der Waals surface area contributed by atoms with E-state index in [2.05, 4.69) is 5.10 Å². The lowest BCUT2D eigenvalue weighted by molar-refractivity contribution is -0.137. The average Bonchev–Trinajstić information content (AvgIpc) is 2.95. The SMILES string of the molecule is Cc1nn(-c2ccc(F)cc2)c(C)c1CC(=O)N1CCCC(CCC(=O)O)C1. The van der Waals surface area contributed by atoms with Gasteiger partial charge in [-0.3, -0.25) is 9.59 Å². The Morgan fingerprint density at radius 3 is 2.64 bits per heavy atom. The third-order valence-corrected chi connectivity index (χ3v) is 5.48. The molecule has 0 radical (unpaired) electrons. The summed E-state index contributed by atoms with van der Waals surface area (Å²) in [6.45, 7) is 5.13. The zero-order chi connectivity index (χ0) is 20.3. The summed E-state index contributed by atoms with van der Waals surface area (Å²) in [4.78, 5) is 25.5. The van der Waals surface area contributed by atoms with Gasteiger partial charge in [-0.15, -0.1) is 0 Å². The summed E-state index contributed by atoms with van der Waals surface area (Å²) in [6.07, 6.45) is 2.90. The lowest BCUT2D eigenvalue weighted by Gasteiger charge is -2.32. The number of aromatic nitrogens is 2. The van der Waals surface area contributed by atoms with E-state index in [1.165, 1.54) is 12.1 Å². The van der Waals surface area contributed by atoms with E-state index in [0.29, 0.717) is 19.5 Å². The Morgan fingerprint density at radius 2 is 1.96 bits per heavy atom. The van der Waals surface area contributed by atoms with Crippen molar-refractivity contribution in [3.63, 3.8) is 0 Å². The predicted molar refractivity (Wildman–Crippen MR) is 103 cm³/mol. The number of likely N-dealkylation sites (tertiary alicyclic amines) is 1. The van der Waals surface area contributed by atoms with E-state index in [1.807, 2.05) is 18.7 Å². The number of benzene rings is 1. The van der Waals surface area contributed by atoms with Gasteiger partial charge >= 0.3 is 5.97 Å². The summed E-state index contributed by atoms with van der Waals surface area (Å²) in [7, 11) is 0. The Hall–Kier alpha value is -2.70. The first kappa shape index (κ1) is 20.0. The number of carboxylic acids is 1. The number of halogens is 1. The number of hydrogen-bond acceptors (Lipinski definition) is 3. The highest BCUT2D eigenvalue weighted by molar-refractivity contribution is 5.79. The van der Waals surface area contributed by atoms with Crippen LogP contribution in [-0.2, 0) is 16.0 Å². The normalized spacial score (nSPS) is 17.0. The van der Waals surface area contributed by atoms with E-state index in [4.69, 9.17) is 5.11 Å². The molecular weight excluding hydrogens is 361 g/mol. The summed E-state index contributed by atoms with van der Waals surface area (Å²) >= 11 is 0. The first-order chi connectivity index (χ1) is 13.3. The van der Waals surface area contributed by atoms with E-state index in [0.717, 1.165) is 35.5 Å². The van der Waals surface area contributed by atoms with E-state index in [1.54, 1.807) is 16.8 Å². The number of carbonyl (C=O) groups is 2. The average molecular weight is 387 g/mol. The molecule has 1 fully saturated rings. The smallest absolute Gasteiger partial charge is 0.303 e. The number of amides is 1. The summed E-state index contributed by atoms with van der Waals surface area (Å²) in [5.74, 6) is -0.797. The molecule has 0 spiro atoms. The number of rotatable bonds is 6. The van der Waals surface area contributed by atoms with Crippen LogP contribution in [0.25, 0.3) is 5.69 Å². The molecule has 2 heterocycles. The fraction of sp³-hybridized carbons (Fsp3) is 0.476. The minimum absolute atomic E-state index is 0.0462. The van der Waals surface area contributed by atoms with E-state index >= 15 is 0 Å². The molecule has 1 N–H and O–H groups in total. The summed E-state index contributed by atoms with van der Waals surface area (Å²) < 4.78 is 14.9. The van der Waals surface area contributed by atoms with E-state index in [9.17, 15) is 14.0 Å². The maximum absolute atomic E-state index is 13.2. The van der Waals surface area contributed by atoms with Gasteiger partial charge in [0, 0.05) is 30.8 Å². The van der Waals surface area contributed by atoms with Crippen molar-refractivity contribution in [2.45, 2.75) is 46.0 Å². The third kappa shape index (κ3) is 4.58. The molecule has 3 rings (SSSR count). The van der Waals surface area contributed by atoms with E-state index < -0.39 is 5.97 Å². The van der Waals surface area contributed by atoms with Crippen LogP contribution in [0.5, 0.6) is 0 Å². The first-order valence-electron chi connectivity index (χ1n) is 9.65. The molecule has 1 aromatic carbocycles. The number of hydrogen-bond donors (Lipinski definition) is 1. The van der Waals surface area contributed by atoms with E-state index in [-0.39, 0.29) is 30.5 Å². The standard InChI is InChI=1S/C21H26FN3O3/c1-14-19(15(2)25(23-14)18-8-6-17(22)7-9-18)12-20(26)24-11-3-4-16(13-24)5-10-21(27)28/h6-9,16H,3-5,10-13H2,1-2H3,(H,27,28). The van der Waals surface area contributed by atoms with Crippen molar-refractivity contribution in [2.75, 3.05) is 13.1 Å². The van der Waals surface area contributed by atoms with Crippen molar-refractivity contribution in [1.29, 1.82) is 0 Å². The van der Waals surface area contributed by atoms with Gasteiger partial charge in [0.2, 0.25) is 5.91 Å². The molecule has 1 saturated heterocycles. The van der Waals surface area contributed by atoms with Crippen molar-refractivity contribution in [2.24, 2.45) is 5.92 Å². The monoisotopic (exact) mass is 387 g/mol. The molecule has 1 aromatic heterocycles. The zero-order valence-electron chi connectivity index (χ0n) is 16.3. The van der Waals surface area contributed by atoms with Gasteiger partial charge in [-0.25, -0.2) is 9.07 Å². The molecule has 1 aliphatic heterocycles. The maximum atomic E-state index is 13.2. The zero-order valence-corrected chi connectivity index (χ0v) is 16.3. The molecule has 2 aromatic rings. The molecular formula is C21H26FN3O3. The second-order valence-electron chi connectivity index (χ2n) is 7.49. The van der Waals surface area contributed by atoms with Gasteiger partial charge in [-0.05, 0) is 63.3 Å². The van der Waals surface area contributed by atoms with Gasteiger partial charge in [0.15, 0.2) is 0 Å². The van der Waals surface area contributed by atoms with Crippen LogP contribution < -0.4 is 0 Å². The second kappa shape index (κ2) is 8.54. The fourth-order valence-electron chi connectivity index (χ4n) is 3.88. The van der Waals surface area contributed by atoms with Crippen LogP contribution in [0.15, 0.2) is 24.3 Å². The van der Waals surface area contributed by atoms with Crippen LogP contribution in [0.4, 0.5) is 4.39 Å². The first-order valence-corrected chi connectivity index (χ1v) is 9.65. The van der Waals surface area contributed by atoms with Gasteiger partial charge in [-0.1, -0.05) is 0 Å².